The van der Waals surface area contributed by atoms with Gasteiger partial charge in [0, 0.05) is 11.8 Å². The number of hydrogen-bond donors (Lipinski definition) is 0. The van der Waals surface area contributed by atoms with Crippen molar-refractivity contribution in [3.05, 3.63) is 48.0 Å². The van der Waals surface area contributed by atoms with E-state index in [9.17, 15) is 4.39 Å². The average molecular weight is 239 g/mol. The Morgan fingerprint density at radius 2 is 2.22 bits per heavy atom. The highest BCUT2D eigenvalue weighted by Crippen LogP contribution is 2.21. The van der Waals surface area contributed by atoms with Crippen LogP contribution in [0.3, 0.4) is 0 Å². The largest absolute Gasteiger partial charge is 0.234 e. The maximum Gasteiger partial charge on any atom is 0.183 e. The molecule has 18 heavy (non-hydrogen) atoms. The van der Waals surface area contributed by atoms with Crippen LogP contribution >= 0.6 is 0 Å². The molecule has 86 valence electrons. The molecule has 0 fully saturated rings. The molecule has 0 spiro atoms. The predicted molar refractivity (Wildman–Crippen MR) is 60.9 cm³/mol. The molecule has 0 aliphatic carbocycles. The Hall–Kier alpha value is -2.81. The number of rotatable bonds is 1. The molecule has 0 saturated heterocycles. The van der Waals surface area contributed by atoms with Crippen molar-refractivity contribution in [3.8, 4) is 17.3 Å². The summed E-state index contributed by atoms with van der Waals surface area (Å²) in [6, 6.07) is 8.01. The average Bonchev–Trinajstić information content (AvgIpc) is 2.81. The summed E-state index contributed by atoms with van der Waals surface area (Å²) in [6.45, 7) is 0. The summed E-state index contributed by atoms with van der Waals surface area (Å²) in [5.74, 6) is -0.345. The summed E-state index contributed by atoms with van der Waals surface area (Å²) in [5.41, 5.74) is 1.96. The van der Waals surface area contributed by atoms with Gasteiger partial charge in [0.05, 0.1) is 11.8 Å². The van der Waals surface area contributed by atoms with E-state index in [-0.39, 0.29) is 5.82 Å². The van der Waals surface area contributed by atoms with E-state index in [1.165, 1.54) is 29.0 Å². The number of nitriles is 1. The smallest absolute Gasteiger partial charge is 0.183 e. The highest BCUT2D eigenvalue weighted by Gasteiger charge is 2.10. The highest BCUT2D eigenvalue weighted by atomic mass is 19.1. The number of benzene rings is 1. The highest BCUT2D eigenvalue weighted by molar-refractivity contribution is 5.73. The number of fused-ring (bicyclic) bond motifs is 1. The SMILES string of the molecule is N#Cc1cnc2c(-c3cccc(F)c3)nnn2c1. The predicted octanol–water partition coefficient (Wildman–Crippen LogP) is 1.80. The normalized spacial score (nSPS) is 10.4. The van der Waals surface area contributed by atoms with E-state index in [2.05, 4.69) is 15.3 Å². The zero-order valence-corrected chi connectivity index (χ0v) is 9.08. The molecule has 6 heteroatoms. The topological polar surface area (TPSA) is 66.9 Å². The fourth-order valence-electron chi connectivity index (χ4n) is 1.67. The van der Waals surface area contributed by atoms with E-state index in [0.29, 0.717) is 22.5 Å². The molecule has 0 unspecified atom stereocenters. The number of aromatic nitrogens is 4. The van der Waals surface area contributed by atoms with E-state index < -0.39 is 0 Å². The van der Waals surface area contributed by atoms with Crippen LogP contribution in [0.4, 0.5) is 4.39 Å². The first-order chi connectivity index (χ1) is 8.78. The lowest BCUT2D eigenvalue weighted by atomic mass is 10.1. The van der Waals surface area contributed by atoms with E-state index in [1.807, 2.05) is 6.07 Å². The van der Waals surface area contributed by atoms with E-state index in [4.69, 9.17) is 5.26 Å². The van der Waals surface area contributed by atoms with Gasteiger partial charge in [0.25, 0.3) is 0 Å². The van der Waals surface area contributed by atoms with E-state index >= 15 is 0 Å². The molecule has 3 rings (SSSR count). The molecule has 3 aromatic rings. The second kappa shape index (κ2) is 3.89. The monoisotopic (exact) mass is 239 g/mol. The lowest BCUT2D eigenvalue weighted by molar-refractivity contribution is 0.628. The minimum atomic E-state index is -0.345. The van der Waals surface area contributed by atoms with Gasteiger partial charge in [0.1, 0.15) is 17.6 Å². The lowest BCUT2D eigenvalue weighted by Crippen LogP contribution is -1.91. The van der Waals surface area contributed by atoms with Crippen molar-refractivity contribution in [2.24, 2.45) is 0 Å². The Morgan fingerprint density at radius 1 is 1.33 bits per heavy atom. The number of halogens is 1. The standard InChI is InChI=1S/C12H6FN5/c13-10-3-1-2-9(4-10)11-12-15-6-8(5-14)7-18(12)17-16-11/h1-4,6-7H. The molecule has 0 bridgehead atoms. The van der Waals surface area contributed by atoms with Gasteiger partial charge in [-0.3, -0.25) is 0 Å². The zero-order valence-electron chi connectivity index (χ0n) is 9.08. The third kappa shape index (κ3) is 1.58. The molecule has 0 saturated carbocycles. The van der Waals surface area contributed by atoms with Crippen LogP contribution in [0.15, 0.2) is 36.7 Å². The fraction of sp³-hybridized carbons (Fsp3) is 0. The van der Waals surface area contributed by atoms with Crippen LogP contribution in [0.1, 0.15) is 5.56 Å². The molecule has 5 nitrogen and oxygen atoms in total. The van der Waals surface area contributed by atoms with E-state index in [0.717, 1.165) is 0 Å². The van der Waals surface area contributed by atoms with Gasteiger partial charge >= 0.3 is 0 Å². The van der Waals surface area contributed by atoms with Crippen LogP contribution in [0, 0.1) is 17.1 Å². The van der Waals surface area contributed by atoms with Crippen LogP contribution in [0.5, 0.6) is 0 Å². The molecule has 0 aliphatic heterocycles. The molecule has 0 N–H and O–H groups in total. The van der Waals surface area contributed by atoms with Crippen molar-refractivity contribution >= 4 is 5.65 Å². The maximum absolute atomic E-state index is 13.2. The Kier molecular flexibility index (Phi) is 2.24. The van der Waals surface area contributed by atoms with Crippen LogP contribution in [0.25, 0.3) is 16.9 Å². The molecular weight excluding hydrogens is 233 g/mol. The number of hydrogen-bond acceptors (Lipinski definition) is 4. The molecule has 0 amide bonds. The zero-order chi connectivity index (χ0) is 12.5. The van der Waals surface area contributed by atoms with Crippen molar-refractivity contribution in [2.75, 3.05) is 0 Å². The molecule has 0 radical (unpaired) electrons. The van der Waals surface area contributed by atoms with Crippen LogP contribution in [0.2, 0.25) is 0 Å². The third-order valence-electron chi connectivity index (χ3n) is 2.48. The fourth-order valence-corrected chi connectivity index (χ4v) is 1.67. The van der Waals surface area contributed by atoms with Gasteiger partial charge in [-0.1, -0.05) is 17.3 Å². The first-order valence-corrected chi connectivity index (χ1v) is 5.15. The van der Waals surface area contributed by atoms with Gasteiger partial charge in [0.2, 0.25) is 0 Å². The molecule has 0 aliphatic rings. The van der Waals surface area contributed by atoms with Crippen LogP contribution in [-0.4, -0.2) is 19.8 Å². The first-order valence-electron chi connectivity index (χ1n) is 5.15. The summed E-state index contributed by atoms with van der Waals surface area (Å²) in [4.78, 5) is 4.11. The maximum atomic E-state index is 13.2. The number of nitrogens with zero attached hydrogens (tertiary/aromatic N) is 5. The van der Waals surface area contributed by atoms with E-state index in [1.54, 1.807) is 12.1 Å². The minimum Gasteiger partial charge on any atom is -0.234 e. The van der Waals surface area contributed by atoms with Gasteiger partial charge in [-0.15, -0.1) is 5.10 Å². The second-order valence-corrected chi connectivity index (χ2v) is 3.67. The van der Waals surface area contributed by atoms with Crippen molar-refractivity contribution < 1.29 is 4.39 Å². The summed E-state index contributed by atoms with van der Waals surface area (Å²) in [5, 5.41) is 16.6. The summed E-state index contributed by atoms with van der Waals surface area (Å²) >= 11 is 0. The van der Waals surface area contributed by atoms with Crippen molar-refractivity contribution in [2.45, 2.75) is 0 Å². The molecule has 1 aromatic carbocycles. The van der Waals surface area contributed by atoms with Crippen molar-refractivity contribution in [1.29, 1.82) is 5.26 Å². The minimum absolute atomic E-state index is 0.345. The molecule has 2 heterocycles. The van der Waals surface area contributed by atoms with Crippen molar-refractivity contribution in [3.63, 3.8) is 0 Å². The molecular formula is C12H6FN5. The summed E-state index contributed by atoms with van der Waals surface area (Å²) in [6.07, 6.45) is 2.96. The Bertz CT molecular complexity index is 771. The molecule has 2 aromatic heterocycles. The van der Waals surface area contributed by atoms with Crippen LogP contribution < -0.4 is 0 Å². The Balaban J connectivity index is 2.22. The van der Waals surface area contributed by atoms with Gasteiger partial charge in [0.15, 0.2) is 5.65 Å². The Labute approximate surface area is 101 Å². The van der Waals surface area contributed by atoms with Gasteiger partial charge in [-0.05, 0) is 12.1 Å². The third-order valence-corrected chi connectivity index (χ3v) is 2.48. The second-order valence-electron chi connectivity index (χ2n) is 3.67. The van der Waals surface area contributed by atoms with Gasteiger partial charge in [-0.25, -0.2) is 13.9 Å². The van der Waals surface area contributed by atoms with Gasteiger partial charge in [-0.2, -0.15) is 5.26 Å². The first kappa shape index (κ1) is 10.4. The molecule has 0 atom stereocenters. The van der Waals surface area contributed by atoms with Crippen LogP contribution in [-0.2, 0) is 0 Å². The van der Waals surface area contributed by atoms with Gasteiger partial charge < -0.3 is 0 Å². The Morgan fingerprint density at radius 3 is 3.00 bits per heavy atom. The van der Waals surface area contributed by atoms with Crippen molar-refractivity contribution in [1.82, 2.24) is 19.8 Å². The lowest BCUT2D eigenvalue weighted by Gasteiger charge is -1.97. The quantitative estimate of drug-likeness (QED) is 0.649. The summed E-state index contributed by atoms with van der Waals surface area (Å²) in [7, 11) is 0. The summed E-state index contributed by atoms with van der Waals surface area (Å²) < 4.78 is 14.6.